The molecule has 0 aliphatic rings. The molecule has 9 nitrogen and oxygen atoms in total. The molecule has 1 aromatic rings. The maximum atomic E-state index is 11.2. The van der Waals surface area contributed by atoms with Crippen molar-refractivity contribution in [2.75, 3.05) is 0 Å². The largest absolute Gasteiger partial charge is 0.390 e. The van der Waals surface area contributed by atoms with Crippen LogP contribution in [0.4, 0.5) is 0 Å². The molecule has 0 radical (unpaired) electrons. The van der Waals surface area contributed by atoms with Crippen molar-refractivity contribution in [2.24, 2.45) is 0 Å². The number of hydrogen-bond donors (Lipinski definition) is 0. The van der Waals surface area contributed by atoms with Crippen molar-refractivity contribution < 1.29 is 28.7 Å². The Balaban J connectivity index is 2.94. The summed E-state index contributed by atoms with van der Waals surface area (Å²) < 4.78 is 9.57. The third-order valence-corrected chi connectivity index (χ3v) is 2.00. The number of hydrogen-bond acceptors (Lipinski definition) is 8. The highest BCUT2D eigenvalue weighted by molar-refractivity contribution is 5.72. The van der Waals surface area contributed by atoms with Crippen LogP contribution in [0.3, 0.4) is 0 Å². The molecule has 1 heterocycles. The summed E-state index contributed by atoms with van der Waals surface area (Å²) in [5, 5.41) is 3.62. The molecule has 0 aromatic carbocycles. The second-order valence-electron chi connectivity index (χ2n) is 3.52. The molecule has 1 rings (SSSR count). The van der Waals surface area contributed by atoms with E-state index < -0.39 is 17.9 Å². The lowest BCUT2D eigenvalue weighted by molar-refractivity contribution is -0.148. The van der Waals surface area contributed by atoms with E-state index in [9.17, 15) is 14.4 Å². The molecule has 20 heavy (non-hydrogen) atoms. The lowest BCUT2D eigenvalue weighted by Crippen LogP contribution is -2.22. The molecule has 1 aromatic heterocycles. The van der Waals surface area contributed by atoms with Gasteiger partial charge in [-0.25, -0.2) is 4.79 Å². The third-order valence-electron chi connectivity index (χ3n) is 2.00. The summed E-state index contributed by atoms with van der Waals surface area (Å²) in [4.78, 5) is 42.6. The quantitative estimate of drug-likeness (QED) is 0.685. The van der Waals surface area contributed by atoms with Crippen LogP contribution in [0.25, 0.3) is 0 Å². The van der Waals surface area contributed by atoms with E-state index in [-0.39, 0.29) is 31.3 Å². The molecule has 0 aliphatic heterocycles. The average Bonchev–Trinajstić information content (AvgIpc) is 2.79. The Morgan fingerprint density at radius 1 is 0.950 bits per heavy atom. The zero-order valence-electron chi connectivity index (χ0n) is 11.4. The topological polar surface area (TPSA) is 110 Å². The molecule has 0 spiro atoms. The van der Waals surface area contributed by atoms with Crippen molar-refractivity contribution in [1.29, 1.82) is 0 Å². The SMILES string of the molecule is CCC(=O)Oc1nc(OC(=O)CC)n(OC(=O)CC)n1. The predicted octanol–water partition coefficient (Wildman–Crippen LogP) is 0.274. The maximum absolute atomic E-state index is 11.2. The minimum atomic E-state index is -0.614. The van der Waals surface area contributed by atoms with Gasteiger partial charge in [-0.15, -0.1) is 4.98 Å². The number of aromatic nitrogens is 3. The van der Waals surface area contributed by atoms with Crippen LogP contribution in [0.2, 0.25) is 0 Å². The van der Waals surface area contributed by atoms with E-state index in [2.05, 4.69) is 10.1 Å². The van der Waals surface area contributed by atoms with Crippen molar-refractivity contribution in [2.45, 2.75) is 40.0 Å². The van der Waals surface area contributed by atoms with Gasteiger partial charge < -0.3 is 14.3 Å². The predicted molar refractivity (Wildman–Crippen MR) is 63.8 cm³/mol. The van der Waals surface area contributed by atoms with Gasteiger partial charge in [-0.1, -0.05) is 25.9 Å². The molecule has 0 saturated heterocycles. The average molecular weight is 285 g/mol. The van der Waals surface area contributed by atoms with E-state index in [0.29, 0.717) is 4.85 Å². The number of carbonyl (C=O) groups excluding carboxylic acids is 3. The number of carbonyl (C=O) groups is 3. The molecule has 0 aliphatic carbocycles. The molecule has 0 N–H and O–H groups in total. The van der Waals surface area contributed by atoms with Crippen molar-refractivity contribution in [3.05, 3.63) is 0 Å². The first-order valence-electron chi connectivity index (χ1n) is 6.09. The fraction of sp³-hybridized carbons (Fsp3) is 0.545. The molecule has 0 fully saturated rings. The maximum Gasteiger partial charge on any atom is 0.362 e. The Labute approximate surface area is 114 Å². The highest BCUT2D eigenvalue weighted by atomic mass is 16.7. The number of esters is 2. The van der Waals surface area contributed by atoms with Crippen LogP contribution in [0.15, 0.2) is 0 Å². The highest BCUT2D eigenvalue weighted by Crippen LogP contribution is 2.13. The lowest BCUT2D eigenvalue weighted by Gasteiger charge is -2.03. The van der Waals surface area contributed by atoms with Gasteiger partial charge in [0.05, 0.1) is 0 Å². The Morgan fingerprint density at radius 3 is 2.05 bits per heavy atom. The van der Waals surface area contributed by atoms with Crippen LogP contribution in [-0.4, -0.2) is 32.8 Å². The first kappa shape index (κ1) is 15.6. The molecule has 0 atom stereocenters. The molecule has 0 amide bonds. The van der Waals surface area contributed by atoms with E-state index in [1.54, 1.807) is 20.8 Å². The molecular formula is C11H15N3O6. The van der Waals surface area contributed by atoms with Crippen molar-refractivity contribution in [3.63, 3.8) is 0 Å². The first-order chi connectivity index (χ1) is 9.49. The minimum Gasteiger partial charge on any atom is -0.390 e. The van der Waals surface area contributed by atoms with Gasteiger partial charge in [0.15, 0.2) is 0 Å². The summed E-state index contributed by atoms with van der Waals surface area (Å²) in [6.07, 6.45) is 0.303. The second kappa shape index (κ2) is 7.22. The molecule has 110 valence electrons. The van der Waals surface area contributed by atoms with E-state index >= 15 is 0 Å². The van der Waals surface area contributed by atoms with E-state index in [4.69, 9.17) is 14.3 Å². The van der Waals surface area contributed by atoms with Crippen LogP contribution >= 0.6 is 0 Å². The first-order valence-corrected chi connectivity index (χ1v) is 6.09. The van der Waals surface area contributed by atoms with E-state index in [1.165, 1.54) is 0 Å². The Bertz CT molecular complexity index is 475. The molecular weight excluding hydrogens is 270 g/mol. The Morgan fingerprint density at radius 2 is 1.50 bits per heavy atom. The standard InChI is InChI=1S/C11H15N3O6/c1-4-7(15)18-10-12-11(19-8(16)5-2)14(13-10)20-9(17)6-3/h4-6H2,1-3H3. The molecule has 9 heteroatoms. The summed E-state index contributed by atoms with van der Waals surface area (Å²) in [5.74, 6) is -1.78. The van der Waals surface area contributed by atoms with Gasteiger partial charge in [0, 0.05) is 19.3 Å². The van der Waals surface area contributed by atoms with Gasteiger partial charge >= 0.3 is 29.9 Å². The zero-order chi connectivity index (χ0) is 15.1. The fourth-order valence-corrected chi connectivity index (χ4v) is 0.941. The third kappa shape index (κ3) is 4.34. The highest BCUT2D eigenvalue weighted by Gasteiger charge is 2.19. The monoisotopic (exact) mass is 285 g/mol. The lowest BCUT2D eigenvalue weighted by atomic mass is 10.5. The normalized spacial score (nSPS) is 9.95. The van der Waals surface area contributed by atoms with Gasteiger partial charge in [-0.2, -0.15) is 0 Å². The van der Waals surface area contributed by atoms with Crippen LogP contribution < -0.4 is 14.3 Å². The Hall–Kier alpha value is -2.45. The zero-order valence-corrected chi connectivity index (χ0v) is 11.4. The van der Waals surface area contributed by atoms with Crippen molar-refractivity contribution in [3.8, 4) is 12.0 Å². The van der Waals surface area contributed by atoms with E-state index in [1.807, 2.05) is 0 Å². The summed E-state index contributed by atoms with van der Waals surface area (Å²) in [6, 6.07) is -0.739. The minimum absolute atomic E-state index is 0.0884. The van der Waals surface area contributed by atoms with Gasteiger partial charge in [0.1, 0.15) is 0 Å². The van der Waals surface area contributed by atoms with Crippen molar-refractivity contribution in [1.82, 2.24) is 14.9 Å². The summed E-state index contributed by atoms with van der Waals surface area (Å²) in [7, 11) is 0. The van der Waals surface area contributed by atoms with Crippen molar-refractivity contribution >= 4 is 17.9 Å². The molecule has 0 bridgehead atoms. The molecule has 0 saturated carbocycles. The number of ether oxygens (including phenoxy) is 2. The fourth-order valence-electron chi connectivity index (χ4n) is 0.941. The second-order valence-corrected chi connectivity index (χ2v) is 3.52. The van der Waals surface area contributed by atoms with E-state index in [0.717, 1.165) is 0 Å². The van der Waals surface area contributed by atoms with Crippen LogP contribution in [0, 0.1) is 0 Å². The summed E-state index contributed by atoms with van der Waals surface area (Å²) >= 11 is 0. The smallest absolute Gasteiger partial charge is 0.362 e. The van der Waals surface area contributed by atoms with Gasteiger partial charge in [-0.05, 0) is 4.85 Å². The van der Waals surface area contributed by atoms with Crippen LogP contribution in [0.1, 0.15) is 40.0 Å². The number of nitrogens with zero attached hydrogens (tertiary/aromatic N) is 3. The van der Waals surface area contributed by atoms with Crippen LogP contribution in [-0.2, 0) is 14.4 Å². The van der Waals surface area contributed by atoms with Gasteiger partial charge in [-0.3, -0.25) is 9.59 Å². The van der Waals surface area contributed by atoms with Gasteiger partial charge in [0.25, 0.3) is 0 Å². The van der Waals surface area contributed by atoms with Crippen LogP contribution in [0.5, 0.6) is 12.0 Å². The Kier molecular flexibility index (Phi) is 5.63. The summed E-state index contributed by atoms with van der Waals surface area (Å²) in [6.45, 7) is 4.75. The summed E-state index contributed by atoms with van der Waals surface area (Å²) in [5.41, 5.74) is 0. The molecule has 0 unspecified atom stereocenters. The van der Waals surface area contributed by atoms with Gasteiger partial charge in [0.2, 0.25) is 0 Å². The number of rotatable bonds is 6.